The Balaban J connectivity index is 2.18. The van der Waals surface area contributed by atoms with Crippen molar-refractivity contribution in [3.05, 3.63) is 42.2 Å². The van der Waals surface area contributed by atoms with E-state index < -0.39 is 0 Å². The van der Waals surface area contributed by atoms with E-state index in [0.717, 1.165) is 6.42 Å². The van der Waals surface area contributed by atoms with Crippen LogP contribution in [0.3, 0.4) is 0 Å². The summed E-state index contributed by atoms with van der Waals surface area (Å²) < 4.78 is 2.29. The first-order chi connectivity index (χ1) is 9.33. The molecule has 2 heterocycles. The number of hydrogen-bond donors (Lipinski definition) is 0. The van der Waals surface area contributed by atoms with Crippen LogP contribution in [-0.4, -0.2) is 9.55 Å². The number of rotatable bonds is 4. The molecule has 0 saturated heterocycles. The van der Waals surface area contributed by atoms with Crippen molar-refractivity contribution in [3.63, 3.8) is 0 Å². The molecule has 98 valence electrons. The molecule has 0 amide bonds. The monoisotopic (exact) mass is 252 g/mol. The van der Waals surface area contributed by atoms with Crippen molar-refractivity contribution in [2.75, 3.05) is 0 Å². The molecular weight excluding hydrogens is 232 g/mol. The summed E-state index contributed by atoms with van der Waals surface area (Å²) >= 11 is 0. The van der Waals surface area contributed by atoms with Gasteiger partial charge in [-0.05, 0) is 25.0 Å². The summed E-state index contributed by atoms with van der Waals surface area (Å²) in [7, 11) is 2.15. The summed E-state index contributed by atoms with van der Waals surface area (Å²) in [5, 5.41) is 2.67. The maximum atomic E-state index is 4.61. The summed E-state index contributed by atoms with van der Waals surface area (Å²) in [6, 6.07) is 10.7. The summed E-state index contributed by atoms with van der Waals surface area (Å²) in [6.07, 6.45) is 6.79. The molecule has 0 atom stereocenters. The van der Waals surface area contributed by atoms with Gasteiger partial charge in [0.25, 0.3) is 0 Å². The van der Waals surface area contributed by atoms with E-state index in [9.17, 15) is 0 Å². The average Bonchev–Trinajstić information content (AvgIpc) is 2.74. The zero-order chi connectivity index (χ0) is 13.2. The van der Waals surface area contributed by atoms with Gasteiger partial charge in [-0.25, -0.2) is 0 Å². The van der Waals surface area contributed by atoms with Crippen LogP contribution in [0.2, 0.25) is 0 Å². The molecular formula is C17H20N2. The maximum Gasteiger partial charge on any atom is 0.0707 e. The van der Waals surface area contributed by atoms with E-state index in [1.54, 1.807) is 0 Å². The lowest BCUT2D eigenvalue weighted by Gasteiger charge is -2.05. The largest absolute Gasteiger partial charge is 0.342 e. The molecule has 2 aromatic heterocycles. The van der Waals surface area contributed by atoms with Crippen LogP contribution >= 0.6 is 0 Å². The molecule has 0 fully saturated rings. The van der Waals surface area contributed by atoms with Crippen LogP contribution < -0.4 is 0 Å². The molecule has 2 nitrogen and oxygen atoms in total. The molecule has 0 saturated carbocycles. The highest BCUT2D eigenvalue weighted by atomic mass is 15.0. The number of pyridine rings is 1. The highest BCUT2D eigenvalue weighted by molar-refractivity contribution is 6.08. The van der Waals surface area contributed by atoms with Crippen LogP contribution in [0.25, 0.3) is 21.8 Å². The second kappa shape index (κ2) is 5.04. The van der Waals surface area contributed by atoms with Crippen LogP contribution in [0.1, 0.15) is 31.9 Å². The number of fused-ring (bicyclic) bond motifs is 3. The first-order valence-corrected chi connectivity index (χ1v) is 7.14. The van der Waals surface area contributed by atoms with Gasteiger partial charge in [0, 0.05) is 29.5 Å². The molecule has 0 aliphatic heterocycles. The first-order valence-electron chi connectivity index (χ1n) is 7.14. The Bertz CT molecular complexity index is 710. The van der Waals surface area contributed by atoms with Gasteiger partial charge in [-0.15, -0.1) is 0 Å². The van der Waals surface area contributed by atoms with Crippen molar-refractivity contribution in [1.82, 2.24) is 9.55 Å². The molecule has 1 aromatic carbocycles. The summed E-state index contributed by atoms with van der Waals surface area (Å²) in [5.41, 5.74) is 3.84. The predicted molar refractivity (Wildman–Crippen MR) is 81.4 cm³/mol. The predicted octanol–water partition coefficient (Wildman–Crippen LogP) is 4.46. The normalized spacial score (nSPS) is 11.5. The molecule has 3 aromatic rings. The maximum absolute atomic E-state index is 4.61. The van der Waals surface area contributed by atoms with E-state index >= 15 is 0 Å². The van der Waals surface area contributed by atoms with Gasteiger partial charge in [-0.3, -0.25) is 4.98 Å². The Hall–Kier alpha value is -1.83. The fraction of sp³-hybridized carbons (Fsp3) is 0.353. The van der Waals surface area contributed by atoms with E-state index in [1.807, 2.05) is 6.20 Å². The minimum atomic E-state index is 1.08. The Labute approximate surface area is 114 Å². The Morgan fingerprint density at radius 2 is 1.89 bits per heavy atom. The van der Waals surface area contributed by atoms with Crippen molar-refractivity contribution < 1.29 is 0 Å². The van der Waals surface area contributed by atoms with Crippen LogP contribution in [0.5, 0.6) is 0 Å². The smallest absolute Gasteiger partial charge is 0.0707 e. The van der Waals surface area contributed by atoms with Crippen LogP contribution in [0.4, 0.5) is 0 Å². The highest BCUT2D eigenvalue weighted by Gasteiger charge is 2.11. The van der Waals surface area contributed by atoms with Gasteiger partial charge in [0.05, 0.1) is 11.2 Å². The molecule has 0 unspecified atom stereocenters. The fourth-order valence-corrected chi connectivity index (χ4v) is 2.93. The SMILES string of the molecule is CCCCCc1nccc2c3ccccc3n(C)c12. The van der Waals surface area contributed by atoms with E-state index in [-0.39, 0.29) is 0 Å². The van der Waals surface area contributed by atoms with Crippen LogP contribution in [0.15, 0.2) is 36.5 Å². The highest BCUT2D eigenvalue weighted by Crippen LogP contribution is 2.29. The first kappa shape index (κ1) is 12.2. The van der Waals surface area contributed by atoms with Crippen molar-refractivity contribution in [2.24, 2.45) is 7.05 Å². The van der Waals surface area contributed by atoms with E-state index in [1.165, 1.54) is 46.8 Å². The lowest BCUT2D eigenvalue weighted by molar-refractivity contribution is 0.708. The lowest BCUT2D eigenvalue weighted by Crippen LogP contribution is -1.96. The average molecular weight is 252 g/mol. The van der Waals surface area contributed by atoms with Crippen LogP contribution in [-0.2, 0) is 13.5 Å². The number of benzene rings is 1. The number of aryl methyl sites for hydroxylation is 2. The second-order valence-electron chi connectivity index (χ2n) is 5.19. The third kappa shape index (κ3) is 2.01. The Kier molecular flexibility index (Phi) is 3.24. The number of unbranched alkanes of at least 4 members (excludes halogenated alkanes) is 2. The molecule has 3 rings (SSSR count). The second-order valence-corrected chi connectivity index (χ2v) is 5.19. The van der Waals surface area contributed by atoms with Crippen molar-refractivity contribution >= 4 is 21.8 Å². The molecule has 2 heteroatoms. The minimum Gasteiger partial charge on any atom is -0.342 e. The van der Waals surface area contributed by atoms with Gasteiger partial charge in [0.15, 0.2) is 0 Å². The number of hydrogen-bond acceptors (Lipinski definition) is 1. The molecule has 0 N–H and O–H groups in total. The fourth-order valence-electron chi connectivity index (χ4n) is 2.93. The molecule has 0 bridgehead atoms. The zero-order valence-electron chi connectivity index (χ0n) is 11.7. The number of aromatic nitrogens is 2. The molecule has 19 heavy (non-hydrogen) atoms. The van der Waals surface area contributed by atoms with Gasteiger partial charge in [0.1, 0.15) is 0 Å². The zero-order valence-corrected chi connectivity index (χ0v) is 11.7. The third-order valence-electron chi connectivity index (χ3n) is 3.91. The quantitative estimate of drug-likeness (QED) is 0.627. The lowest BCUT2D eigenvalue weighted by atomic mass is 10.1. The summed E-state index contributed by atoms with van der Waals surface area (Å²) in [5.74, 6) is 0. The van der Waals surface area contributed by atoms with Gasteiger partial charge in [0.2, 0.25) is 0 Å². The van der Waals surface area contributed by atoms with Crippen molar-refractivity contribution in [1.29, 1.82) is 0 Å². The van der Waals surface area contributed by atoms with E-state index in [2.05, 4.69) is 53.9 Å². The Morgan fingerprint density at radius 1 is 1.05 bits per heavy atom. The van der Waals surface area contributed by atoms with Gasteiger partial charge >= 0.3 is 0 Å². The molecule has 0 spiro atoms. The third-order valence-corrected chi connectivity index (χ3v) is 3.91. The molecule has 0 aliphatic carbocycles. The topological polar surface area (TPSA) is 17.8 Å². The van der Waals surface area contributed by atoms with Gasteiger partial charge < -0.3 is 4.57 Å². The standard InChI is InChI=1S/C17H20N2/c1-3-4-5-9-15-17-14(11-12-18-15)13-8-6-7-10-16(13)19(17)2/h6-8,10-12H,3-5,9H2,1-2H3. The molecule has 0 aliphatic rings. The van der Waals surface area contributed by atoms with Crippen molar-refractivity contribution in [3.8, 4) is 0 Å². The van der Waals surface area contributed by atoms with Gasteiger partial charge in [-0.1, -0.05) is 38.0 Å². The van der Waals surface area contributed by atoms with Gasteiger partial charge in [-0.2, -0.15) is 0 Å². The molecule has 0 radical (unpaired) electrons. The van der Waals surface area contributed by atoms with Crippen LogP contribution in [0, 0.1) is 0 Å². The summed E-state index contributed by atoms with van der Waals surface area (Å²) in [6.45, 7) is 2.24. The van der Waals surface area contributed by atoms with E-state index in [4.69, 9.17) is 0 Å². The van der Waals surface area contributed by atoms with E-state index in [0.29, 0.717) is 0 Å². The summed E-state index contributed by atoms with van der Waals surface area (Å²) in [4.78, 5) is 4.61. The number of para-hydroxylation sites is 1. The Morgan fingerprint density at radius 3 is 2.74 bits per heavy atom. The van der Waals surface area contributed by atoms with Crippen molar-refractivity contribution in [2.45, 2.75) is 32.6 Å². The number of nitrogens with zero attached hydrogens (tertiary/aromatic N) is 2. The minimum absolute atomic E-state index is 1.08.